The van der Waals surface area contributed by atoms with Crippen molar-refractivity contribution in [1.82, 2.24) is 0 Å². The first-order valence-corrected chi connectivity index (χ1v) is 7.31. The van der Waals surface area contributed by atoms with Crippen LogP contribution >= 0.6 is 11.6 Å². The van der Waals surface area contributed by atoms with E-state index in [1.165, 1.54) is 18.2 Å². The molecule has 0 aromatic heterocycles. The van der Waals surface area contributed by atoms with Crippen molar-refractivity contribution in [2.24, 2.45) is 0 Å². The molecule has 4 heteroatoms. The summed E-state index contributed by atoms with van der Waals surface area (Å²) in [5, 5.41) is 0.370. The molecular formula is C18H16ClF3. The Bertz CT molecular complexity index is 654. The van der Waals surface area contributed by atoms with Gasteiger partial charge in [0.1, 0.15) is 5.83 Å². The van der Waals surface area contributed by atoms with Crippen LogP contribution in [0.5, 0.6) is 0 Å². The van der Waals surface area contributed by atoms with Crippen LogP contribution in [0.25, 0.3) is 6.08 Å². The zero-order chi connectivity index (χ0) is 16.1. The van der Waals surface area contributed by atoms with Crippen molar-refractivity contribution in [2.45, 2.75) is 25.7 Å². The maximum absolute atomic E-state index is 13.5. The molecule has 2 rings (SSSR count). The van der Waals surface area contributed by atoms with Gasteiger partial charge in [-0.15, -0.1) is 0 Å². The fraction of sp³-hybridized carbons (Fsp3) is 0.222. The van der Waals surface area contributed by atoms with Crippen molar-refractivity contribution in [2.75, 3.05) is 0 Å². The summed E-state index contributed by atoms with van der Waals surface area (Å²) in [6.07, 6.45) is 5.29. The molecule has 0 atom stereocenters. The Morgan fingerprint density at radius 3 is 2.64 bits per heavy atom. The molecule has 1 aliphatic carbocycles. The number of halogens is 4. The first-order chi connectivity index (χ1) is 10.5. The summed E-state index contributed by atoms with van der Waals surface area (Å²) in [7, 11) is 0. The Morgan fingerprint density at radius 1 is 1.23 bits per heavy atom. The molecule has 1 aromatic rings. The second-order valence-electron chi connectivity index (χ2n) is 5.06. The van der Waals surface area contributed by atoms with E-state index in [9.17, 15) is 13.2 Å². The number of alkyl halides is 2. The highest BCUT2D eigenvalue weighted by Gasteiger charge is 2.12. The van der Waals surface area contributed by atoms with E-state index < -0.39 is 6.43 Å². The molecule has 116 valence electrons. The van der Waals surface area contributed by atoms with Crippen LogP contribution in [-0.4, -0.2) is 0 Å². The highest BCUT2D eigenvalue weighted by molar-refractivity contribution is 6.31. The van der Waals surface area contributed by atoms with Crippen molar-refractivity contribution < 1.29 is 13.2 Å². The summed E-state index contributed by atoms with van der Waals surface area (Å²) in [6, 6.07) is 4.48. The Balaban J connectivity index is 2.35. The number of hydrogen-bond donors (Lipinski definition) is 0. The van der Waals surface area contributed by atoms with Crippen LogP contribution in [0.4, 0.5) is 13.2 Å². The van der Waals surface area contributed by atoms with Gasteiger partial charge in [0, 0.05) is 17.0 Å². The molecule has 1 aromatic carbocycles. The van der Waals surface area contributed by atoms with Crippen molar-refractivity contribution in [3.8, 4) is 0 Å². The molecule has 0 bridgehead atoms. The highest BCUT2D eigenvalue weighted by atomic mass is 35.5. The molecule has 0 N–H and O–H groups in total. The van der Waals surface area contributed by atoms with Gasteiger partial charge >= 0.3 is 0 Å². The fourth-order valence-corrected chi connectivity index (χ4v) is 2.57. The standard InChI is InChI=1S/C18H16ClF3/c1-2-12-9-15(18(21)22)8-7-13(12)10-14-5-3-4-6-16(20)11-17(14)19/h2-4,7-9,11,18H,1,5-6,10H2/b4-3?,16-11+,17-14-. The predicted octanol–water partition coefficient (Wildman–Crippen LogP) is 6.51. The molecule has 22 heavy (non-hydrogen) atoms. The van der Waals surface area contributed by atoms with Gasteiger partial charge in [0.2, 0.25) is 0 Å². The maximum atomic E-state index is 13.5. The number of rotatable bonds is 4. The Hall–Kier alpha value is -1.74. The quantitative estimate of drug-likeness (QED) is 0.554. The summed E-state index contributed by atoms with van der Waals surface area (Å²) in [4.78, 5) is 0. The molecule has 1 aliphatic rings. The SMILES string of the molecule is C=Cc1cc(C(F)F)ccc1C/C1=C(Cl)/C=C(/F)CC=CC1. The molecule has 0 nitrogen and oxygen atoms in total. The zero-order valence-electron chi connectivity index (χ0n) is 12.0. The average Bonchev–Trinajstić information content (AvgIpc) is 2.48. The Labute approximate surface area is 133 Å². The minimum absolute atomic E-state index is 0.0396. The molecule has 0 saturated heterocycles. The van der Waals surface area contributed by atoms with Crippen LogP contribution < -0.4 is 0 Å². The van der Waals surface area contributed by atoms with Gasteiger partial charge in [-0.05, 0) is 41.7 Å². The van der Waals surface area contributed by atoms with E-state index in [4.69, 9.17) is 11.6 Å². The molecule has 0 radical (unpaired) electrons. The third-order valence-electron chi connectivity index (χ3n) is 3.51. The maximum Gasteiger partial charge on any atom is 0.263 e. The van der Waals surface area contributed by atoms with Crippen LogP contribution in [0, 0.1) is 0 Å². The van der Waals surface area contributed by atoms with Crippen LogP contribution in [-0.2, 0) is 6.42 Å². The van der Waals surface area contributed by atoms with Gasteiger partial charge in [0.25, 0.3) is 6.43 Å². The first-order valence-electron chi connectivity index (χ1n) is 6.93. The van der Waals surface area contributed by atoms with Gasteiger partial charge in [0.05, 0.1) is 0 Å². The number of hydrogen-bond acceptors (Lipinski definition) is 0. The third kappa shape index (κ3) is 4.14. The van der Waals surface area contributed by atoms with Crippen LogP contribution in [0.2, 0.25) is 0 Å². The molecule has 0 aliphatic heterocycles. The largest absolute Gasteiger partial charge is 0.263 e. The molecule has 0 unspecified atom stereocenters. The molecule has 0 spiro atoms. The number of benzene rings is 1. The minimum atomic E-state index is -2.52. The van der Waals surface area contributed by atoms with E-state index in [0.717, 1.165) is 11.1 Å². The first kappa shape index (κ1) is 16.6. The van der Waals surface area contributed by atoms with Crippen molar-refractivity contribution in [3.63, 3.8) is 0 Å². The smallest absolute Gasteiger partial charge is 0.211 e. The fourth-order valence-electron chi connectivity index (χ4n) is 2.30. The third-order valence-corrected chi connectivity index (χ3v) is 3.89. The van der Waals surface area contributed by atoms with E-state index in [1.54, 1.807) is 18.2 Å². The second-order valence-corrected chi connectivity index (χ2v) is 5.47. The van der Waals surface area contributed by atoms with E-state index in [0.29, 0.717) is 23.4 Å². The van der Waals surface area contributed by atoms with Gasteiger partial charge in [-0.2, -0.15) is 0 Å². The van der Waals surface area contributed by atoms with Crippen LogP contribution in [0.15, 0.2) is 59.4 Å². The molecule has 0 fully saturated rings. The van der Waals surface area contributed by atoms with Gasteiger partial charge in [-0.25, -0.2) is 13.2 Å². The van der Waals surface area contributed by atoms with Crippen molar-refractivity contribution in [3.05, 3.63) is 76.1 Å². The van der Waals surface area contributed by atoms with E-state index in [-0.39, 0.29) is 17.8 Å². The lowest BCUT2D eigenvalue weighted by atomic mass is 9.95. The van der Waals surface area contributed by atoms with Gasteiger partial charge < -0.3 is 0 Å². The van der Waals surface area contributed by atoms with Crippen LogP contribution in [0.1, 0.15) is 36.0 Å². The Morgan fingerprint density at radius 2 is 1.95 bits per heavy atom. The van der Waals surface area contributed by atoms with Crippen LogP contribution in [0.3, 0.4) is 0 Å². The van der Waals surface area contributed by atoms with Crippen molar-refractivity contribution >= 4 is 17.7 Å². The van der Waals surface area contributed by atoms with Gasteiger partial charge in [-0.3, -0.25) is 0 Å². The zero-order valence-corrected chi connectivity index (χ0v) is 12.7. The topological polar surface area (TPSA) is 0 Å². The predicted molar refractivity (Wildman–Crippen MR) is 85.6 cm³/mol. The summed E-state index contributed by atoms with van der Waals surface area (Å²) in [5.74, 6) is -0.296. The lowest BCUT2D eigenvalue weighted by Crippen LogP contribution is -1.98. The summed E-state index contributed by atoms with van der Waals surface area (Å²) in [5.41, 5.74) is 2.29. The van der Waals surface area contributed by atoms with E-state index in [2.05, 4.69) is 6.58 Å². The monoisotopic (exact) mass is 324 g/mol. The molecule has 0 amide bonds. The van der Waals surface area contributed by atoms with Gasteiger partial charge in [0.15, 0.2) is 0 Å². The number of allylic oxidation sites excluding steroid dienone is 6. The average molecular weight is 325 g/mol. The normalized spacial score (nSPS) is 21.2. The lowest BCUT2D eigenvalue weighted by Gasteiger charge is -2.13. The summed E-state index contributed by atoms with van der Waals surface area (Å²) < 4.78 is 39.0. The van der Waals surface area contributed by atoms with E-state index in [1.807, 2.05) is 6.08 Å². The summed E-state index contributed by atoms with van der Waals surface area (Å²) >= 11 is 6.17. The van der Waals surface area contributed by atoms with Crippen molar-refractivity contribution in [1.29, 1.82) is 0 Å². The second kappa shape index (κ2) is 7.50. The highest BCUT2D eigenvalue weighted by Crippen LogP contribution is 2.28. The van der Waals surface area contributed by atoms with E-state index >= 15 is 0 Å². The van der Waals surface area contributed by atoms with Gasteiger partial charge in [-0.1, -0.05) is 48.5 Å². The summed E-state index contributed by atoms with van der Waals surface area (Å²) in [6.45, 7) is 3.67. The lowest BCUT2D eigenvalue weighted by molar-refractivity contribution is 0.151. The molecule has 0 saturated carbocycles. The molecule has 0 heterocycles. The molecular weight excluding hydrogens is 309 g/mol. The Kier molecular flexibility index (Phi) is 5.67. The minimum Gasteiger partial charge on any atom is -0.211 e.